The molecule has 1 aromatic carbocycles. The van der Waals surface area contributed by atoms with E-state index in [9.17, 15) is 9.59 Å². The summed E-state index contributed by atoms with van der Waals surface area (Å²) in [6.07, 6.45) is 7.10. The van der Waals surface area contributed by atoms with Gasteiger partial charge in [0.25, 0.3) is 0 Å². The smallest absolute Gasteiger partial charge is 0.223 e. The van der Waals surface area contributed by atoms with Gasteiger partial charge in [0.15, 0.2) is 0 Å². The molecule has 30 heavy (non-hydrogen) atoms. The van der Waals surface area contributed by atoms with E-state index in [1.165, 1.54) is 25.7 Å². The minimum Gasteiger partial charge on any atom is -0.495 e. The Morgan fingerprint density at radius 3 is 2.27 bits per heavy atom. The zero-order valence-corrected chi connectivity index (χ0v) is 18.2. The molecule has 164 valence electrons. The number of fused-ring (bicyclic) bond motifs is 1. The standard InChI is InChI=1S/C24H35N3O3/c1-30-22-9-5-4-8-21(22)25-14-16-26(17-15-25)23(28)10-11-24(29)27-13-12-19-6-2-3-7-20(19)18-27/h4-5,8-9,19-20H,2-3,6-7,10-18H2,1H3. The van der Waals surface area contributed by atoms with Gasteiger partial charge in [0.05, 0.1) is 12.8 Å². The molecule has 4 rings (SSSR count). The summed E-state index contributed by atoms with van der Waals surface area (Å²) in [6, 6.07) is 8.01. The molecule has 1 aliphatic carbocycles. The maximum Gasteiger partial charge on any atom is 0.223 e. The monoisotopic (exact) mass is 413 g/mol. The lowest BCUT2D eigenvalue weighted by Crippen LogP contribution is -2.49. The maximum absolute atomic E-state index is 12.7. The highest BCUT2D eigenvalue weighted by molar-refractivity contribution is 5.84. The Hall–Kier alpha value is -2.24. The summed E-state index contributed by atoms with van der Waals surface area (Å²) in [4.78, 5) is 31.6. The quantitative estimate of drug-likeness (QED) is 0.744. The average Bonchev–Trinajstić information content (AvgIpc) is 2.82. The molecule has 6 nitrogen and oxygen atoms in total. The van der Waals surface area contributed by atoms with Gasteiger partial charge in [0, 0.05) is 52.1 Å². The van der Waals surface area contributed by atoms with E-state index >= 15 is 0 Å². The summed E-state index contributed by atoms with van der Waals surface area (Å²) in [5.74, 6) is 2.65. The molecule has 1 saturated carbocycles. The highest BCUT2D eigenvalue weighted by atomic mass is 16.5. The number of carbonyl (C=O) groups excluding carboxylic acids is 2. The molecule has 2 amide bonds. The van der Waals surface area contributed by atoms with Crippen molar-refractivity contribution in [3.05, 3.63) is 24.3 Å². The molecule has 0 bridgehead atoms. The Kier molecular flexibility index (Phi) is 6.80. The lowest BCUT2D eigenvalue weighted by atomic mass is 9.75. The van der Waals surface area contributed by atoms with Gasteiger partial charge in [0.1, 0.15) is 5.75 Å². The van der Waals surface area contributed by atoms with Gasteiger partial charge in [-0.15, -0.1) is 0 Å². The molecule has 1 aromatic rings. The van der Waals surface area contributed by atoms with Crippen LogP contribution >= 0.6 is 0 Å². The number of piperazine rings is 1. The van der Waals surface area contributed by atoms with Crippen molar-refractivity contribution in [2.75, 3.05) is 51.3 Å². The van der Waals surface area contributed by atoms with Crippen LogP contribution in [0.4, 0.5) is 5.69 Å². The van der Waals surface area contributed by atoms with Crippen LogP contribution in [0.1, 0.15) is 44.9 Å². The Balaban J connectivity index is 1.22. The Morgan fingerprint density at radius 1 is 0.867 bits per heavy atom. The van der Waals surface area contributed by atoms with E-state index in [1.54, 1.807) is 7.11 Å². The maximum atomic E-state index is 12.7. The van der Waals surface area contributed by atoms with Crippen LogP contribution in [-0.4, -0.2) is 68.0 Å². The Bertz CT molecular complexity index is 745. The third kappa shape index (κ3) is 4.73. The topological polar surface area (TPSA) is 53.1 Å². The van der Waals surface area contributed by atoms with Crippen molar-refractivity contribution >= 4 is 17.5 Å². The first-order valence-electron chi connectivity index (χ1n) is 11.6. The molecule has 2 aliphatic heterocycles. The van der Waals surface area contributed by atoms with Crippen LogP contribution in [-0.2, 0) is 9.59 Å². The first kappa shape index (κ1) is 21.0. The predicted molar refractivity (Wildman–Crippen MR) is 118 cm³/mol. The largest absolute Gasteiger partial charge is 0.495 e. The number of carbonyl (C=O) groups is 2. The van der Waals surface area contributed by atoms with Crippen LogP contribution in [0.3, 0.4) is 0 Å². The zero-order chi connectivity index (χ0) is 20.9. The molecule has 3 fully saturated rings. The number of hydrogen-bond acceptors (Lipinski definition) is 4. The normalized spacial score (nSPS) is 24.4. The second-order valence-corrected chi connectivity index (χ2v) is 8.97. The fraction of sp³-hybridized carbons (Fsp3) is 0.667. The number of para-hydroxylation sites is 2. The fourth-order valence-electron chi connectivity index (χ4n) is 5.45. The summed E-state index contributed by atoms with van der Waals surface area (Å²) >= 11 is 0. The van der Waals surface area contributed by atoms with Crippen LogP contribution in [0.2, 0.25) is 0 Å². The van der Waals surface area contributed by atoms with Gasteiger partial charge < -0.3 is 19.4 Å². The molecule has 2 unspecified atom stereocenters. The lowest BCUT2D eigenvalue weighted by molar-refractivity contribution is -0.139. The van der Waals surface area contributed by atoms with E-state index in [-0.39, 0.29) is 11.8 Å². The number of benzene rings is 1. The summed E-state index contributed by atoms with van der Waals surface area (Å²) in [5.41, 5.74) is 1.08. The molecule has 0 spiro atoms. The first-order chi connectivity index (χ1) is 14.7. The highest BCUT2D eigenvalue weighted by Crippen LogP contribution is 2.36. The average molecular weight is 414 g/mol. The van der Waals surface area contributed by atoms with E-state index in [0.717, 1.165) is 50.0 Å². The first-order valence-corrected chi connectivity index (χ1v) is 11.6. The van der Waals surface area contributed by atoms with E-state index in [1.807, 2.05) is 28.0 Å². The number of methoxy groups -OCH3 is 1. The number of anilines is 1. The van der Waals surface area contributed by atoms with Crippen LogP contribution in [0.5, 0.6) is 5.75 Å². The number of likely N-dealkylation sites (tertiary alicyclic amines) is 1. The Morgan fingerprint density at radius 2 is 1.53 bits per heavy atom. The van der Waals surface area contributed by atoms with Crippen molar-refractivity contribution in [3.8, 4) is 5.75 Å². The van der Waals surface area contributed by atoms with Gasteiger partial charge in [-0.1, -0.05) is 31.4 Å². The van der Waals surface area contributed by atoms with Crippen molar-refractivity contribution in [2.24, 2.45) is 11.8 Å². The van der Waals surface area contributed by atoms with Gasteiger partial charge in [-0.05, 0) is 36.8 Å². The van der Waals surface area contributed by atoms with Crippen molar-refractivity contribution < 1.29 is 14.3 Å². The van der Waals surface area contributed by atoms with Gasteiger partial charge in [0.2, 0.25) is 11.8 Å². The molecule has 2 heterocycles. The minimum absolute atomic E-state index is 0.107. The third-order valence-electron chi connectivity index (χ3n) is 7.25. The second kappa shape index (κ2) is 9.71. The number of piperidine rings is 1. The van der Waals surface area contributed by atoms with Gasteiger partial charge >= 0.3 is 0 Å². The molecule has 0 radical (unpaired) electrons. The third-order valence-corrected chi connectivity index (χ3v) is 7.25. The molecule has 0 aromatic heterocycles. The van der Waals surface area contributed by atoms with E-state index in [0.29, 0.717) is 31.8 Å². The van der Waals surface area contributed by atoms with Gasteiger partial charge in [-0.3, -0.25) is 9.59 Å². The number of nitrogens with zero attached hydrogens (tertiary/aromatic N) is 3. The van der Waals surface area contributed by atoms with Crippen molar-refractivity contribution in [1.82, 2.24) is 9.80 Å². The number of rotatable bonds is 5. The fourth-order valence-corrected chi connectivity index (χ4v) is 5.45. The minimum atomic E-state index is 0.107. The molecule has 3 aliphatic rings. The van der Waals surface area contributed by atoms with Crippen LogP contribution < -0.4 is 9.64 Å². The van der Waals surface area contributed by atoms with E-state index in [2.05, 4.69) is 11.0 Å². The molecule has 6 heteroatoms. The summed E-state index contributed by atoms with van der Waals surface area (Å²) < 4.78 is 5.46. The van der Waals surface area contributed by atoms with Gasteiger partial charge in [-0.2, -0.15) is 0 Å². The molecule has 0 N–H and O–H groups in total. The van der Waals surface area contributed by atoms with Crippen molar-refractivity contribution in [3.63, 3.8) is 0 Å². The van der Waals surface area contributed by atoms with E-state index < -0.39 is 0 Å². The molecular weight excluding hydrogens is 378 g/mol. The molecule has 2 saturated heterocycles. The second-order valence-electron chi connectivity index (χ2n) is 8.97. The number of ether oxygens (including phenoxy) is 1. The summed E-state index contributed by atoms with van der Waals surface area (Å²) in [5, 5.41) is 0. The summed E-state index contributed by atoms with van der Waals surface area (Å²) in [6.45, 7) is 4.75. The van der Waals surface area contributed by atoms with Crippen LogP contribution in [0.25, 0.3) is 0 Å². The highest BCUT2D eigenvalue weighted by Gasteiger charge is 2.33. The molecule has 2 atom stereocenters. The van der Waals surface area contributed by atoms with Crippen LogP contribution in [0, 0.1) is 11.8 Å². The summed E-state index contributed by atoms with van der Waals surface area (Å²) in [7, 11) is 1.69. The zero-order valence-electron chi connectivity index (χ0n) is 18.2. The molecular formula is C24H35N3O3. The van der Waals surface area contributed by atoms with Crippen molar-refractivity contribution in [1.29, 1.82) is 0 Å². The van der Waals surface area contributed by atoms with E-state index in [4.69, 9.17) is 4.74 Å². The SMILES string of the molecule is COc1ccccc1N1CCN(C(=O)CCC(=O)N2CCC3CCCCC3C2)CC1. The Labute approximate surface area is 180 Å². The number of amides is 2. The van der Waals surface area contributed by atoms with Crippen molar-refractivity contribution in [2.45, 2.75) is 44.9 Å². The number of hydrogen-bond donors (Lipinski definition) is 0. The van der Waals surface area contributed by atoms with Gasteiger partial charge in [-0.25, -0.2) is 0 Å². The predicted octanol–water partition coefficient (Wildman–Crippen LogP) is 3.16. The van der Waals surface area contributed by atoms with Crippen LogP contribution in [0.15, 0.2) is 24.3 Å². The lowest BCUT2D eigenvalue weighted by Gasteiger charge is -2.41.